The summed E-state index contributed by atoms with van der Waals surface area (Å²) < 4.78 is 1.37. The quantitative estimate of drug-likeness (QED) is 0.776. The van der Waals surface area contributed by atoms with Crippen molar-refractivity contribution in [3.8, 4) is 0 Å². The second kappa shape index (κ2) is 8.39. The summed E-state index contributed by atoms with van der Waals surface area (Å²) in [5.74, 6) is -0.390. The van der Waals surface area contributed by atoms with Gasteiger partial charge >= 0.3 is 0 Å². The SMILES string of the molecule is CCCNCCNC(=O)c1cnc2ccccn2c1=O.Cl. The van der Waals surface area contributed by atoms with Crippen LogP contribution in [-0.2, 0) is 0 Å². The summed E-state index contributed by atoms with van der Waals surface area (Å²) >= 11 is 0. The Kier molecular flexibility index (Phi) is 6.84. The van der Waals surface area contributed by atoms with Crippen LogP contribution in [0.25, 0.3) is 5.65 Å². The van der Waals surface area contributed by atoms with E-state index in [0.717, 1.165) is 13.0 Å². The number of nitrogens with zero attached hydrogens (tertiary/aromatic N) is 2. The zero-order valence-electron chi connectivity index (χ0n) is 11.8. The van der Waals surface area contributed by atoms with Crippen LogP contribution in [-0.4, -0.2) is 34.9 Å². The maximum absolute atomic E-state index is 12.2. The summed E-state index contributed by atoms with van der Waals surface area (Å²) in [6, 6.07) is 5.24. The monoisotopic (exact) mass is 310 g/mol. The number of rotatable bonds is 6. The molecule has 0 fully saturated rings. The van der Waals surface area contributed by atoms with Crippen LogP contribution < -0.4 is 16.2 Å². The summed E-state index contributed by atoms with van der Waals surface area (Å²) in [6.45, 7) is 4.15. The van der Waals surface area contributed by atoms with E-state index < -0.39 is 0 Å². The van der Waals surface area contributed by atoms with Crippen LogP contribution in [0.1, 0.15) is 23.7 Å². The second-order valence-electron chi connectivity index (χ2n) is 4.41. The smallest absolute Gasteiger partial charge is 0.270 e. The lowest BCUT2D eigenvalue weighted by molar-refractivity contribution is 0.0952. The Bertz CT molecular complexity index is 657. The van der Waals surface area contributed by atoms with Crippen molar-refractivity contribution in [2.75, 3.05) is 19.6 Å². The predicted octanol–water partition coefficient (Wildman–Crippen LogP) is 0.846. The van der Waals surface area contributed by atoms with E-state index in [1.54, 1.807) is 24.4 Å². The number of fused-ring (bicyclic) bond motifs is 1. The zero-order chi connectivity index (χ0) is 14.4. The average molecular weight is 311 g/mol. The first kappa shape index (κ1) is 17.1. The van der Waals surface area contributed by atoms with E-state index in [1.807, 2.05) is 0 Å². The fourth-order valence-electron chi connectivity index (χ4n) is 1.84. The van der Waals surface area contributed by atoms with Gasteiger partial charge in [0.15, 0.2) is 0 Å². The summed E-state index contributed by atoms with van der Waals surface area (Å²) in [6.07, 6.45) is 3.97. The van der Waals surface area contributed by atoms with E-state index in [0.29, 0.717) is 18.7 Å². The molecule has 0 aliphatic carbocycles. The minimum atomic E-state index is -0.390. The lowest BCUT2D eigenvalue weighted by atomic mass is 10.3. The van der Waals surface area contributed by atoms with Gasteiger partial charge in [-0.3, -0.25) is 14.0 Å². The van der Waals surface area contributed by atoms with Gasteiger partial charge in [0, 0.05) is 25.5 Å². The molecule has 1 amide bonds. The molecule has 2 aromatic heterocycles. The average Bonchev–Trinajstić information content (AvgIpc) is 2.47. The third-order valence-corrected chi connectivity index (χ3v) is 2.87. The summed E-state index contributed by atoms with van der Waals surface area (Å²) in [5, 5.41) is 5.88. The van der Waals surface area contributed by atoms with Crippen LogP contribution in [0.15, 0.2) is 35.4 Å². The molecule has 6 nitrogen and oxygen atoms in total. The second-order valence-corrected chi connectivity index (χ2v) is 4.41. The fourth-order valence-corrected chi connectivity index (χ4v) is 1.84. The Morgan fingerprint density at radius 2 is 2.10 bits per heavy atom. The van der Waals surface area contributed by atoms with Crippen LogP contribution in [0.3, 0.4) is 0 Å². The molecule has 0 saturated carbocycles. The minimum Gasteiger partial charge on any atom is -0.351 e. The van der Waals surface area contributed by atoms with E-state index in [-0.39, 0.29) is 29.4 Å². The molecule has 0 radical (unpaired) electrons. The molecule has 0 atom stereocenters. The predicted molar refractivity (Wildman–Crippen MR) is 84.2 cm³/mol. The normalized spacial score (nSPS) is 10.1. The maximum Gasteiger partial charge on any atom is 0.270 e. The van der Waals surface area contributed by atoms with Crippen molar-refractivity contribution in [2.45, 2.75) is 13.3 Å². The van der Waals surface area contributed by atoms with E-state index in [9.17, 15) is 9.59 Å². The summed E-state index contributed by atoms with van der Waals surface area (Å²) in [5.41, 5.74) is 0.234. The third-order valence-electron chi connectivity index (χ3n) is 2.87. The van der Waals surface area contributed by atoms with Gasteiger partial charge in [0.2, 0.25) is 0 Å². The molecule has 0 aromatic carbocycles. The van der Waals surface area contributed by atoms with Crippen molar-refractivity contribution in [3.63, 3.8) is 0 Å². The number of carbonyl (C=O) groups excluding carboxylic acids is 1. The van der Waals surface area contributed by atoms with E-state index in [1.165, 1.54) is 10.6 Å². The number of hydrogen-bond donors (Lipinski definition) is 2. The van der Waals surface area contributed by atoms with Crippen LogP contribution in [0.5, 0.6) is 0 Å². The van der Waals surface area contributed by atoms with Gasteiger partial charge < -0.3 is 10.6 Å². The van der Waals surface area contributed by atoms with Gasteiger partial charge in [-0.2, -0.15) is 0 Å². The minimum absolute atomic E-state index is 0. The van der Waals surface area contributed by atoms with Gasteiger partial charge in [-0.25, -0.2) is 4.98 Å². The maximum atomic E-state index is 12.2. The Morgan fingerprint density at radius 1 is 1.29 bits per heavy atom. The summed E-state index contributed by atoms with van der Waals surface area (Å²) in [4.78, 5) is 28.2. The molecule has 0 unspecified atom stereocenters. The molecule has 0 aliphatic rings. The van der Waals surface area contributed by atoms with Crippen molar-refractivity contribution >= 4 is 24.0 Å². The third kappa shape index (κ3) is 4.27. The fraction of sp³-hybridized carbons (Fsp3) is 0.357. The number of pyridine rings is 1. The molecule has 0 bridgehead atoms. The molecule has 7 heteroatoms. The molecule has 0 aliphatic heterocycles. The molecular formula is C14H19ClN4O2. The zero-order valence-corrected chi connectivity index (χ0v) is 12.7. The van der Waals surface area contributed by atoms with Gasteiger partial charge in [0.05, 0.1) is 0 Å². The molecule has 2 heterocycles. The van der Waals surface area contributed by atoms with Gasteiger partial charge in [-0.1, -0.05) is 13.0 Å². The molecule has 2 aromatic rings. The van der Waals surface area contributed by atoms with Crippen LogP contribution in [0.2, 0.25) is 0 Å². The highest BCUT2D eigenvalue weighted by molar-refractivity contribution is 5.93. The highest BCUT2D eigenvalue weighted by Gasteiger charge is 2.12. The Hall–Kier alpha value is -1.92. The molecular weight excluding hydrogens is 292 g/mol. The largest absolute Gasteiger partial charge is 0.351 e. The number of nitrogens with one attached hydrogen (secondary N) is 2. The van der Waals surface area contributed by atoms with Crippen molar-refractivity contribution in [3.05, 3.63) is 46.5 Å². The Balaban J connectivity index is 0.00000220. The van der Waals surface area contributed by atoms with E-state index in [4.69, 9.17) is 0 Å². The number of hydrogen-bond acceptors (Lipinski definition) is 4. The van der Waals surface area contributed by atoms with Gasteiger partial charge in [0.1, 0.15) is 11.2 Å². The first-order valence-corrected chi connectivity index (χ1v) is 6.69. The van der Waals surface area contributed by atoms with E-state index >= 15 is 0 Å². The number of carbonyl (C=O) groups is 1. The molecule has 0 spiro atoms. The molecule has 114 valence electrons. The van der Waals surface area contributed by atoms with Gasteiger partial charge in [-0.05, 0) is 25.1 Å². The Morgan fingerprint density at radius 3 is 2.86 bits per heavy atom. The first-order valence-electron chi connectivity index (χ1n) is 6.69. The number of amides is 1. The van der Waals surface area contributed by atoms with Crippen molar-refractivity contribution < 1.29 is 4.79 Å². The molecule has 2 rings (SSSR count). The van der Waals surface area contributed by atoms with Crippen molar-refractivity contribution in [2.24, 2.45) is 0 Å². The first-order chi connectivity index (χ1) is 9.74. The van der Waals surface area contributed by atoms with Crippen LogP contribution in [0.4, 0.5) is 0 Å². The standard InChI is InChI=1S/C14H18N4O2.ClH/c1-2-6-15-7-8-16-13(19)11-10-17-12-5-3-4-9-18(12)14(11)20;/h3-5,9-10,15H,2,6-8H2,1H3,(H,16,19);1H. The van der Waals surface area contributed by atoms with E-state index in [2.05, 4.69) is 22.5 Å². The highest BCUT2D eigenvalue weighted by atomic mass is 35.5. The van der Waals surface area contributed by atoms with Crippen LogP contribution in [0, 0.1) is 0 Å². The lowest BCUT2D eigenvalue weighted by Gasteiger charge is -2.06. The number of aromatic nitrogens is 2. The Labute approximate surface area is 129 Å². The lowest BCUT2D eigenvalue weighted by Crippen LogP contribution is -2.35. The van der Waals surface area contributed by atoms with Crippen LogP contribution >= 0.6 is 12.4 Å². The van der Waals surface area contributed by atoms with Crippen molar-refractivity contribution in [1.82, 2.24) is 20.0 Å². The highest BCUT2D eigenvalue weighted by Crippen LogP contribution is 1.97. The van der Waals surface area contributed by atoms with Crippen molar-refractivity contribution in [1.29, 1.82) is 0 Å². The topological polar surface area (TPSA) is 75.5 Å². The van der Waals surface area contributed by atoms with Gasteiger partial charge in [0.25, 0.3) is 11.5 Å². The summed E-state index contributed by atoms with van der Waals surface area (Å²) in [7, 11) is 0. The molecule has 0 saturated heterocycles. The molecule has 2 N–H and O–H groups in total. The van der Waals surface area contributed by atoms with Gasteiger partial charge in [-0.15, -0.1) is 12.4 Å². The molecule has 21 heavy (non-hydrogen) atoms. The number of halogens is 1.